The van der Waals surface area contributed by atoms with E-state index >= 15 is 0 Å². The second-order valence-corrected chi connectivity index (χ2v) is 8.58. The van der Waals surface area contributed by atoms with E-state index in [-0.39, 0.29) is 4.75 Å². The molecule has 0 aromatic heterocycles. The minimum absolute atomic E-state index is 0.271. The van der Waals surface area contributed by atoms with Crippen LogP contribution in [0.4, 0.5) is 0 Å². The predicted molar refractivity (Wildman–Crippen MR) is 103 cm³/mol. The summed E-state index contributed by atoms with van der Waals surface area (Å²) in [6.07, 6.45) is 8.51. The van der Waals surface area contributed by atoms with E-state index in [1.165, 1.54) is 32.4 Å². The lowest BCUT2D eigenvalue weighted by Crippen LogP contribution is -2.44. The molecular weight excluding hydrogens is 320 g/mol. The number of nitrogens with one attached hydrogen (secondary N) is 1. The zero-order valence-corrected chi connectivity index (χ0v) is 16.2. The molecule has 6 heteroatoms. The van der Waals surface area contributed by atoms with Crippen molar-refractivity contribution in [1.82, 2.24) is 15.1 Å². The second kappa shape index (κ2) is 8.77. The van der Waals surface area contributed by atoms with E-state index in [2.05, 4.69) is 28.3 Å². The molecule has 24 heavy (non-hydrogen) atoms. The molecule has 3 heterocycles. The van der Waals surface area contributed by atoms with Crippen molar-refractivity contribution in [2.75, 3.05) is 58.7 Å². The Balaban J connectivity index is 1.61. The number of rotatable bonds is 5. The minimum atomic E-state index is 0.271. The second-order valence-electron chi connectivity index (χ2n) is 7.30. The summed E-state index contributed by atoms with van der Waals surface area (Å²) in [5.41, 5.74) is 0. The fourth-order valence-electron chi connectivity index (χ4n) is 4.15. The molecule has 3 aliphatic rings. The first-order chi connectivity index (χ1) is 11.8. The number of thioether (sulfide) groups is 1. The van der Waals surface area contributed by atoms with Crippen molar-refractivity contribution in [3.8, 4) is 0 Å². The Morgan fingerprint density at radius 1 is 1.25 bits per heavy atom. The lowest BCUT2D eigenvalue weighted by Gasteiger charge is -2.35. The number of aliphatic imine (C=N–C) groups is 1. The highest BCUT2D eigenvalue weighted by Crippen LogP contribution is 2.34. The van der Waals surface area contributed by atoms with Crippen LogP contribution in [0.25, 0.3) is 0 Å². The van der Waals surface area contributed by atoms with E-state index < -0.39 is 0 Å². The van der Waals surface area contributed by atoms with Crippen LogP contribution >= 0.6 is 11.8 Å². The third-order valence-electron chi connectivity index (χ3n) is 5.81. The fourth-order valence-corrected chi connectivity index (χ4v) is 4.92. The highest BCUT2D eigenvalue weighted by molar-refractivity contribution is 8.00. The Morgan fingerprint density at radius 3 is 2.67 bits per heavy atom. The molecule has 1 atom stereocenters. The Bertz CT molecular complexity index is 419. The number of likely N-dealkylation sites (tertiary alicyclic amines) is 2. The first-order valence-corrected chi connectivity index (χ1v) is 10.9. The van der Waals surface area contributed by atoms with Crippen molar-refractivity contribution in [3.05, 3.63) is 0 Å². The van der Waals surface area contributed by atoms with E-state index in [4.69, 9.17) is 9.73 Å². The van der Waals surface area contributed by atoms with Crippen LogP contribution in [-0.4, -0.2) is 85.3 Å². The molecule has 0 bridgehead atoms. The molecule has 1 unspecified atom stereocenters. The van der Waals surface area contributed by atoms with Gasteiger partial charge in [-0.05, 0) is 58.4 Å². The van der Waals surface area contributed by atoms with Crippen molar-refractivity contribution < 1.29 is 4.74 Å². The van der Waals surface area contributed by atoms with E-state index in [0.717, 1.165) is 64.2 Å². The molecule has 3 saturated heterocycles. The summed E-state index contributed by atoms with van der Waals surface area (Å²) in [5.74, 6) is 1.12. The lowest BCUT2D eigenvalue weighted by atomic mass is 9.99. The standard InChI is InChI=1S/C18H34N4OS/c1-3-19-17(20-15-18(24-2)7-12-23-13-8-18)22-11-6-16(14-22)21-9-4-5-10-21/h16H,3-15H2,1-2H3,(H,19,20). The number of nitrogens with zero attached hydrogens (tertiary/aromatic N) is 3. The van der Waals surface area contributed by atoms with Crippen LogP contribution in [0, 0.1) is 0 Å². The largest absolute Gasteiger partial charge is 0.381 e. The van der Waals surface area contributed by atoms with Crippen molar-refractivity contribution >= 4 is 17.7 Å². The summed E-state index contributed by atoms with van der Waals surface area (Å²) in [7, 11) is 0. The van der Waals surface area contributed by atoms with Crippen molar-refractivity contribution in [2.45, 2.75) is 49.8 Å². The van der Waals surface area contributed by atoms with Crippen molar-refractivity contribution in [2.24, 2.45) is 4.99 Å². The Kier molecular flexibility index (Phi) is 6.70. The molecule has 0 saturated carbocycles. The van der Waals surface area contributed by atoms with Gasteiger partial charge in [0.15, 0.2) is 5.96 Å². The topological polar surface area (TPSA) is 40.1 Å². The highest BCUT2D eigenvalue weighted by Gasteiger charge is 2.33. The van der Waals surface area contributed by atoms with Gasteiger partial charge in [-0.25, -0.2) is 0 Å². The Morgan fingerprint density at radius 2 is 2.00 bits per heavy atom. The van der Waals surface area contributed by atoms with Gasteiger partial charge < -0.3 is 15.0 Å². The molecule has 0 aliphatic carbocycles. The van der Waals surface area contributed by atoms with Crippen LogP contribution in [0.3, 0.4) is 0 Å². The summed E-state index contributed by atoms with van der Waals surface area (Å²) in [6, 6.07) is 0.731. The normalized spacial score (nSPS) is 28.5. The maximum Gasteiger partial charge on any atom is 0.194 e. The van der Waals surface area contributed by atoms with Gasteiger partial charge in [-0.15, -0.1) is 0 Å². The maximum absolute atomic E-state index is 5.56. The molecule has 1 N–H and O–H groups in total. The molecule has 3 rings (SSSR count). The van der Waals surface area contributed by atoms with Gasteiger partial charge in [0.05, 0.1) is 6.54 Å². The smallest absolute Gasteiger partial charge is 0.194 e. The van der Waals surface area contributed by atoms with Gasteiger partial charge in [0.1, 0.15) is 0 Å². The van der Waals surface area contributed by atoms with Crippen molar-refractivity contribution in [1.29, 1.82) is 0 Å². The van der Waals surface area contributed by atoms with Gasteiger partial charge in [0.25, 0.3) is 0 Å². The first kappa shape index (κ1) is 18.3. The molecule has 0 amide bonds. The van der Waals surface area contributed by atoms with Crippen LogP contribution in [-0.2, 0) is 4.74 Å². The monoisotopic (exact) mass is 354 g/mol. The fraction of sp³-hybridized carbons (Fsp3) is 0.944. The molecule has 3 fully saturated rings. The van der Waals surface area contributed by atoms with E-state index in [0.29, 0.717) is 0 Å². The average Bonchev–Trinajstić information content (AvgIpc) is 3.30. The lowest BCUT2D eigenvalue weighted by molar-refractivity contribution is 0.0793. The molecule has 0 aromatic rings. The number of hydrogen-bond acceptors (Lipinski definition) is 4. The SMILES string of the molecule is CCNC(=NCC1(SC)CCOCC1)N1CCC(N2CCCC2)C1. The minimum Gasteiger partial charge on any atom is -0.381 e. The maximum atomic E-state index is 5.56. The van der Waals surface area contributed by atoms with Crippen LogP contribution < -0.4 is 5.32 Å². The summed E-state index contributed by atoms with van der Waals surface area (Å²) < 4.78 is 5.83. The summed E-state index contributed by atoms with van der Waals surface area (Å²) in [4.78, 5) is 10.2. The Labute approximate surface area is 151 Å². The van der Waals surface area contributed by atoms with Crippen molar-refractivity contribution in [3.63, 3.8) is 0 Å². The van der Waals surface area contributed by atoms with Crippen LogP contribution in [0.1, 0.15) is 39.0 Å². The molecule has 0 aromatic carbocycles. The van der Waals surface area contributed by atoms with Gasteiger partial charge in [0, 0.05) is 43.6 Å². The predicted octanol–water partition coefficient (Wildman–Crippen LogP) is 2.03. The molecule has 5 nitrogen and oxygen atoms in total. The van der Waals surface area contributed by atoms with E-state index in [1.54, 1.807) is 0 Å². The van der Waals surface area contributed by atoms with E-state index in [1.807, 2.05) is 11.8 Å². The zero-order chi connectivity index (χ0) is 16.8. The van der Waals surface area contributed by atoms with Gasteiger partial charge in [-0.1, -0.05) is 0 Å². The third kappa shape index (κ3) is 4.38. The molecular formula is C18H34N4OS. The third-order valence-corrected chi connectivity index (χ3v) is 7.21. The quantitative estimate of drug-likeness (QED) is 0.604. The molecule has 0 spiro atoms. The van der Waals surface area contributed by atoms with Crippen LogP contribution in [0.2, 0.25) is 0 Å². The summed E-state index contributed by atoms with van der Waals surface area (Å²) in [6.45, 7) is 10.7. The van der Waals surface area contributed by atoms with Gasteiger partial charge in [-0.3, -0.25) is 9.89 Å². The number of guanidine groups is 1. The highest BCUT2D eigenvalue weighted by atomic mass is 32.2. The van der Waals surface area contributed by atoms with E-state index in [9.17, 15) is 0 Å². The van der Waals surface area contributed by atoms with Gasteiger partial charge >= 0.3 is 0 Å². The number of ether oxygens (including phenoxy) is 1. The summed E-state index contributed by atoms with van der Waals surface area (Å²) >= 11 is 1.98. The molecule has 3 aliphatic heterocycles. The van der Waals surface area contributed by atoms with Gasteiger partial charge in [0.2, 0.25) is 0 Å². The van der Waals surface area contributed by atoms with Crippen LogP contribution in [0.15, 0.2) is 4.99 Å². The molecule has 138 valence electrons. The number of hydrogen-bond donors (Lipinski definition) is 1. The summed E-state index contributed by atoms with van der Waals surface area (Å²) in [5, 5.41) is 3.53. The average molecular weight is 355 g/mol. The zero-order valence-electron chi connectivity index (χ0n) is 15.4. The Hall–Kier alpha value is -0.460. The van der Waals surface area contributed by atoms with Crippen LogP contribution in [0.5, 0.6) is 0 Å². The molecule has 0 radical (unpaired) electrons. The van der Waals surface area contributed by atoms with Gasteiger partial charge in [-0.2, -0.15) is 11.8 Å². The first-order valence-electron chi connectivity index (χ1n) is 9.66.